The normalized spacial score (nSPS) is 17.6. The lowest BCUT2D eigenvalue weighted by atomic mass is 9.87. The molecular formula is C28H26F3N3O5. The van der Waals surface area contributed by atoms with Crippen molar-refractivity contribution in [2.75, 3.05) is 33.4 Å². The minimum Gasteiger partial charge on any atom is -0.494 e. The van der Waals surface area contributed by atoms with E-state index < -0.39 is 23.8 Å². The van der Waals surface area contributed by atoms with Gasteiger partial charge in [0.25, 0.3) is 11.8 Å². The van der Waals surface area contributed by atoms with Gasteiger partial charge in [0.2, 0.25) is 0 Å². The van der Waals surface area contributed by atoms with Gasteiger partial charge >= 0.3 is 6.18 Å². The third kappa shape index (κ3) is 5.62. The van der Waals surface area contributed by atoms with Gasteiger partial charge in [-0.2, -0.15) is 13.2 Å². The van der Waals surface area contributed by atoms with E-state index in [2.05, 4.69) is 10.3 Å². The van der Waals surface area contributed by atoms with E-state index >= 15 is 0 Å². The molecule has 0 saturated heterocycles. The largest absolute Gasteiger partial charge is 0.494 e. The Bertz CT molecular complexity index is 1380. The van der Waals surface area contributed by atoms with Crippen molar-refractivity contribution in [3.05, 3.63) is 82.7 Å². The Morgan fingerprint density at radius 2 is 2.00 bits per heavy atom. The smallest absolute Gasteiger partial charge is 0.433 e. The summed E-state index contributed by atoms with van der Waals surface area (Å²) < 4.78 is 56.4. The summed E-state index contributed by atoms with van der Waals surface area (Å²) in [5, 5.41) is 2.80. The quantitative estimate of drug-likeness (QED) is 0.524. The molecule has 0 aliphatic carbocycles. The van der Waals surface area contributed by atoms with Gasteiger partial charge in [0.15, 0.2) is 18.1 Å². The number of fused-ring (bicyclic) bond motifs is 8. The molecule has 1 N–H and O–H groups in total. The minimum atomic E-state index is -4.61. The van der Waals surface area contributed by atoms with E-state index in [1.165, 1.54) is 7.11 Å². The summed E-state index contributed by atoms with van der Waals surface area (Å²) in [5.74, 6) is 0.651. The summed E-state index contributed by atoms with van der Waals surface area (Å²) in [5.41, 5.74) is 1.40. The van der Waals surface area contributed by atoms with Crippen LogP contribution in [-0.4, -0.2) is 55.1 Å². The molecule has 6 bridgehead atoms. The number of methoxy groups -OCH3 is 1. The molecule has 1 aromatic heterocycles. The van der Waals surface area contributed by atoms with Gasteiger partial charge in [0.1, 0.15) is 11.4 Å². The van der Waals surface area contributed by atoms with Gasteiger partial charge in [-0.05, 0) is 65.9 Å². The van der Waals surface area contributed by atoms with E-state index in [0.717, 1.165) is 35.0 Å². The molecule has 0 saturated carbocycles. The van der Waals surface area contributed by atoms with Crippen LogP contribution in [0.25, 0.3) is 0 Å². The molecule has 0 spiro atoms. The highest BCUT2D eigenvalue weighted by Crippen LogP contribution is 2.42. The lowest BCUT2D eigenvalue weighted by Gasteiger charge is -2.38. The van der Waals surface area contributed by atoms with Crippen LogP contribution in [0.5, 0.6) is 17.2 Å². The van der Waals surface area contributed by atoms with Gasteiger partial charge in [-0.25, -0.2) is 0 Å². The molecule has 6 rings (SSSR count). The second-order valence-electron chi connectivity index (χ2n) is 9.20. The van der Waals surface area contributed by atoms with Crippen molar-refractivity contribution in [2.45, 2.75) is 25.1 Å². The average molecular weight is 542 g/mol. The molecule has 0 radical (unpaired) electrons. The van der Waals surface area contributed by atoms with E-state index in [9.17, 15) is 22.8 Å². The average Bonchev–Trinajstić information content (AvgIpc) is 2.93. The van der Waals surface area contributed by atoms with Gasteiger partial charge in [-0.3, -0.25) is 14.6 Å². The molecule has 11 heteroatoms. The minimum absolute atomic E-state index is 0.0453. The maximum absolute atomic E-state index is 13.7. The highest BCUT2D eigenvalue weighted by molar-refractivity contribution is 5.94. The predicted octanol–water partition coefficient (Wildman–Crippen LogP) is 4.17. The molecule has 1 atom stereocenters. The van der Waals surface area contributed by atoms with Crippen molar-refractivity contribution < 1.29 is 37.0 Å². The topological polar surface area (TPSA) is 90.0 Å². The highest BCUT2D eigenvalue weighted by atomic mass is 19.4. The van der Waals surface area contributed by atoms with Crippen LogP contribution in [0.3, 0.4) is 0 Å². The Hall–Kier alpha value is -4.28. The second-order valence-corrected chi connectivity index (χ2v) is 9.20. The fourth-order valence-electron chi connectivity index (χ4n) is 4.79. The number of pyridine rings is 1. The molecule has 3 aromatic rings. The molecule has 8 nitrogen and oxygen atoms in total. The number of alkyl halides is 3. The van der Waals surface area contributed by atoms with Gasteiger partial charge in [0.05, 0.1) is 25.3 Å². The van der Waals surface area contributed by atoms with Gasteiger partial charge in [-0.1, -0.05) is 12.1 Å². The number of hydrogen-bond acceptors (Lipinski definition) is 6. The first-order valence-electron chi connectivity index (χ1n) is 12.4. The Balaban J connectivity index is 1.59. The maximum Gasteiger partial charge on any atom is 0.433 e. The summed E-state index contributed by atoms with van der Waals surface area (Å²) in [4.78, 5) is 31.0. The van der Waals surface area contributed by atoms with Crippen molar-refractivity contribution in [1.29, 1.82) is 0 Å². The number of amides is 2. The second kappa shape index (κ2) is 10.8. The first-order valence-corrected chi connectivity index (χ1v) is 12.4. The van der Waals surface area contributed by atoms with Crippen LogP contribution in [0.4, 0.5) is 13.2 Å². The molecule has 1 unspecified atom stereocenters. The molecule has 0 fully saturated rings. The highest BCUT2D eigenvalue weighted by Gasteiger charge is 2.36. The molecule has 3 aliphatic rings. The van der Waals surface area contributed by atoms with Crippen LogP contribution in [0.15, 0.2) is 54.7 Å². The van der Waals surface area contributed by atoms with Crippen LogP contribution in [-0.2, 0) is 17.4 Å². The van der Waals surface area contributed by atoms with Crippen LogP contribution in [0, 0.1) is 0 Å². The van der Waals surface area contributed by atoms with E-state index in [-0.39, 0.29) is 24.6 Å². The van der Waals surface area contributed by atoms with E-state index in [1.807, 2.05) is 24.3 Å². The Kier molecular flexibility index (Phi) is 7.32. The van der Waals surface area contributed by atoms with E-state index in [1.54, 1.807) is 17.0 Å². The van der Waals surface area contributed by atoms with Crippen LogP contribution >= 0.6 is 0 Å². The van der Waals surface area contributed by atoms with Crippen molar-refractivity contribution >= 4 is 11.8 Å². The van der Waals surface area contributed by atoms with Gasteiger partial charge in [0, 0.05) is 19.3 Å². The molecule has 204 valence electrons. The monoisotopic (exact) mass is 541 g/mol. The number of nitrogens with one attached hydrogen (secondary N) is 1. The molecule has 39 heavy (non-hydrogen) atoms. The summed E-state index contributed by atoms with van der Waals surface area (Å²) in [6.45, 7) is 0.871. The number of hydrogen-bond donors (Lipinski definition) is 1. The Labute approximate surface area is 222 Å². The van der Waals surface area contributed by atoms with Crippen molar-refractivity contribution in [1.82, 2.24) is 15.2 Å². The SMILES string of the molecule is COc1cc2c3cc1OCC(=O)NCCCOc1cccc(c1)C2N(C(=O)c1ccc(C(F)(F)F)nc1)CC3. The third-order valence-electron chi connectivity index (χ3n) is 6.66. The van der Waals surface area contributed by atoms with Gasteiger partial charge in [-0.15, -0.1) is 0 Å². The van der Waals surface area contributed by atoms with Crippen LogP contribution in [0.1, 0.15) is 45.2 Å². The predicted molar refractivity (Wildman–Crippen MR) is 134 cm³/mol. The fourth-order valence-corrected chi connectivity index (χ4v) is 4.79. The number of nitrogens with zero attached hydrogens (tertiary/aromatic N) is 2. The number of halogens is 3. The summed E-state index contributed by atoms with van der Waals surface area (Å²) >= 11 is 0. The third-order valence-corrected chi connectivity index (χ3v) is 6.66. The fraction of sp³-hybridized carbons (Fsp3) is 0.321. The lowest BCUT2D eigenvalue weighted by molar-refractivity contribution is -0.141. The first-order chi connectivity index (χ1) is 18.7. The van der Waals surface area contributed by atoms with Gasteiger partial charge < -0.3 is 24.4 Å². The Morgan fingerprint density at radius 3 is 2.74 bits per heavy atom. The van der Waals surface area contributed by atoms with Crippen LogP contribution < -0.4 is 19.5 Å². The zero-order valence-electron chi connectivity index (χ0n) is 21.1. The molecule has 2 aromatic carbocycles. The standard InChI is InChI=1S/C28H26F3N3O5/c1-37-22-14-21-17-8-10-34(27(36)19-6-7-24(33-15-19)28(29,30)31)26(21)18-4-2-5-20(12-18)38-11-3-9-32-25(35)16-39-23(22)13-17/h2,4-7,12-15,26H,3,8-11,16H2,1H3,(H,32,35). The summed E-state index contributed by atoms with van der Waals surface area (Å²) in [6, 6.07) is 12.3. The molecular weight excluding hydrogens is 515 g/mol. The molecule has 2 amide bonds. The lowest BCUT2D eigenvalue weighted by Crippen LogP contribution is -2.40. The Morgan fingerprint density at radius 1 is 1.15 bits per heavy atom. The van der Waals surface area contributed by atoms with Crippen molar-refractivity contribution in [3.8, 4) is 17.2 Å². The zero-order valence-corrected chi connectivity index (χ0v) is 21.1. The summed E-state index contributed by atoms with van der Waals surface area (Å²) in [7, 11) is 1.48. The van der Waals surface area contributed by atoms with Crippen molar-refractivity contribution in [3.63, 3.8) is 0 Å². The zero-order chi connectivity index (χ0) is 27.6. The maximum atomic E-state index is 13.7. The summed E-state index contributed by atoms with van der Waals surface area (Å²) in [6.07, 6.45) is -2.62. The number of rotatable bonds is 2. The number of aromatic nitrogens is 1. The first kappa shape index (κ1) is 26.3. The number of ether oxygens (including phenoxy) is 3. The van der Waals surface area contributed by atoms with E-state index in [0.29, 0.717) is 43.2 Å². The van der Waals surface area contributed by atoms with Crippen LogP contribution in [0.2, 0.25) is 0 Å². The molecule has 3 aliphatic heterocycles. The number of benzene rings is 2. The molecule has 4 heterocycles. The van der Waals surface area contributed by atoms with Crippen molar-refractivity contribution in [2.24, 2.45) is 0 Å². The number of carbonyl (C=O) groups excluding carboxylic acids is 2. The van der Waals surface area contributed by atoms with E-state index in [4.69, 9.17) is 14.2 Å². The number of carbonyl (C=O) groups is 2.